The summed E-state index contributed by atoms with van der Waals surface area (Å²) in [5.41, 5.74) is 4.57. The minimum absolute atomic E-state index is 0.0666. The molecule has 0 radical (unpaired) electrons. The van der Waals surface area contributed by atoms with Gasteiger partial charge < -0.3 is 13.5 Å². The third kappa shape index (κ3) is 7.05. The summed E-state index contributed by atoms with van der Waals surface area (Å²) >= 11 is 0. The van der Waals surface area contributed by atoms with E-state index in [-0.39, 0.29) is 6.42 Å². The Labute approximate surface area is 217 Å². The Balaban J connectivity index is 1.41. The molecule has 0 saturated heterocycles. The summed E-state index contributed by atoms with van der Waals surface area (Å²) in [5.74, 6) is 0.0114. The average Bonchev–Trinajstić information content (AvgIpc) is 3.16. The van der Waals surface area contributed by atoms with Crippen LogP contribution < -0.4 is 4.72 Å². The highest BCUT2D eigenvalue weighted by Gasteiger charge is 2.19. The lowest BCUT2D eigenvalue weighted by Crippen LogP contribution is -2.21. The van der Waals surface area contributed by atoms with Crippen LogP contribution >= 0.6 is 0 Å². The zero-order valence-electron chi connectivity index (χ0n) is 21.4. The quantitative estimate of drug-likeness (QED) is 0.253. The number of likely N-dealkylation sites (N-methyl/N-ethyl adjacent to an activating group) is 1. The van der Waals surface area contributed by atoms with Crippen LogP contribution in [0, 0.1) is 6.92 Å². The number of fused-ring (bicyclic) bond motifs is 2. The Hall–Kier alpha value is -3.50. The molecule has 0 unspecified atom stereocenters. The molecule has 10 heteroatoms. The summed E-state index contributed by atoms with van der Waals surface area (Å²) < 4.78 is 37.6. The number of para-hydroxylation sites is 2. The van der Waals surface area contributed by atoms with Crippen LogP contribution in [0.3, 0.4) is 0 Å². The van der Waals surface area contributed by atoms with Gasteiger partial charge in [-0.15, -0.1) is 0 Å². The van der Waals surface area contributed by atoms with Crippen LogP contribution in [0.5, 0.6) is 0 Å². The number of anilines is 1. The highest BCUT2D eigenvalue weighted by Crippen LogP contribution is 2.29. The van der Waals surface area contributed by atoms with Crippen LogP contribution in [0.4, 0.5) is 5.69 Å². The molecule has 0 aliphatic rings. The second kappa shape index (κ2) is 11.7. The monoisotopic (exact) mass is 524 g/mol. The fourth-order valence-corrected chi connectivity index (χ4v) is 5.01. The predicted octanol–water partition coefficient (Wildman–Crippen LogP) is 5.14. The highest BCUT2D eigenvalue weighted by molar-refractivity contribution is 7.88. The number of nitrogens with one attached hydrogen (secondary N) is 1. The number of unbranched alkanes of at least 4 members (excludes halogenated alkanes) is 2. The fraction of sp³-hybridized carbons (Fsp3) is 0.370. The molecule has 2 aromatic carbocycles. The third-order valence-electron chi connectivity index (χ3n) is 6.10. The molecule has 4 rings (SSSR count). The lowest BCUT2D eigenvalue weighted by Gasteiger charge is -2.16. The third-order valence-corrected chi connectivity index (χ3v) is 6.99. The lowest BCUT2D eigenvalue weighted by atomic mass is 10.1. The maximum absolute atomic E-state index is 12.3. The van der Waals surface area contributed by atoms with Gasteiger partial charge >= 0.3 is 16.3 Å². The first-order chi connectivity index (χ1) is 17.7. The Bertz CT molecular complexity index is 1500. The zero-order valence-corrected chi connectivity index (χ0v) is 22.2. The van der Waals surface area contributed by atoms with E-state index in [1.807, 2.05) is 45.2 Å². The number of aryl methyl sites for hydroxylation is 1. The van der Waals surface area contributed by atoms with Gasteiger partial charge in [-0.2, -0.15) is 8.42 Å². The zero-order chi connectivity index (χ0) is 26.4. The van der Waals surface area contributed by atoms with Gasteiger partial charge in [0, 0.05) is 30.5 Å². The molecule has 0 aliphatic heterocycles. The Kier molecular flexibility index (Phi) is 8.40. The maximum atomic E-state index is 12.3. The number of nitrogens with zero attached hydrogens (tertiary/aromatic N) is 3. The van der Waals surface area contributed by atoms with E-state index in [9.17, 15) is 13.2 Å². The minimum Gasteiger partial charge on any atom is -0.461 e. The number of carbonyl (C=O) groups is 1. The number of benzene rings is 2. The highest BCUT2D eigenvalue weighted by atomic mass is 32.2. The SMILES string of the molecule is CCCCCC(=O)OS(=O)(=O)Nc1ccc2oc(C)c(CCN(C)Cc3cnc4ccccc4n3)c2c1. The second-order valence-electron chi connectivity index (χ2n) is 9.15. The Morgan fingerprint density at radius 1 is 1.14 bits per heavy atom. The molecule has 9 nitrogen and oxygen atoms in total. The van der Waals surface area contributed by atoms with E-state index in [0.29, 0.717) is 30.7 Å². The van der Waals surface area contributed by atoms with Crippen molar-refractivity contribution in [3.63, 3.8) is 0 Å². The van der Waals surface area contributed by atoms with Crippen molar-refractivity contribution in [2.45, 2.75) is 52.5 Å². The Morgan fingerprint density at radius 3 is 2.70 bits per heavy atom. The Morgan fingerprint density at radius 2 is 1.92 bits per heavy atom. The number of hydrogen-bond acceptors (Lipinski definition) is 8. The van der Waals surface area contributed by atoms with Gasteiger partial charge in [-0.3, -0.25) is 14.5 Å². The van der Waals surface area contributed by atoms with Crippen LogP contribution in [0.2, 0.25) is 0 Å². The summed E-state index contributed by atoms with van der Waals surface area (Å²) in [4.78, 5) is 23.2. The van der Waals surface area contributed by atoms with E-state index in [1.54, 1.807) is 24.4 Å². The van der Waals surface area contributed by atoms with Crippen molar-refractivity contribution in [1.29, 1.82) is 0 Å². The van der Waals surface area contributed by atoms with E-state index < -0.39 is 16.3 Å². The molecule has 0 aliphatic carbocycles. The molecule has 2 aromatic heterocycles. The number of aromatic nitrogens is 2. The molecule has 4 aromatic rings. The molecule has 0 saturated carbocycles. The number of carbonyl (C=O) groups excluding carboxylic acids is 1. The minimum atomic E-state index is -4.27. The average molecular weight is 525 g/mol. The van der Waals surface area contributed by atoms with Crippen molar-refractivity contribution >= 4 is 44.0 Å². The molecular weight excluding hydrogens is 492 g/mol. The molecule has 0 spiro atoms. The van der Waals surface area contributed by atoms with Gasteiger partial charge in [-0.1, -0.05) is 31.9 Å². The van der Waals surface area contributed by atoms with Gasteiger partial charge in [-0.05, 0) is 57.1 Å². The first kappa shape index (κ1) is 26.6. The second-order valence-corrected chi connectivity index (χ2v) is 10.4. The van der Waals surface area contributed by atoms with E-state index >= 15 is 0 Å². The number of furan rings is 1. The standard InChI is InChI=1S/C27H32N4O5S/c1-4-5-6-11-27(32)36-37(33,34)30-20-12-13-26-23(16-20)22(19(2)35-26)14-15-31(3)18-21-17-28-24-9-7-8-10-25(24)29-21/h7-10,12-13,16-17,30H,4-6,11,14-15,18H2,1-3H3. The normalized spacial score (nSPS) is 11.9. The van der Waals surface area contributed by atoms with E-state index in [0.717, 1.165) is 52.8 Å². The van der Waals surface area contributed by atoms with Crippen molar-refractivity contribution < 1.29 is 21.8 Å². The summed E-state index contributed by atoms with van der Waals surface area (Å²) in [6.07, 6.45) is 4.92. The van der Waals surface area contributed by atoms with Crippen molar-refractivity contribution in [3.8, 4) is 0 Å². The van der Waals surface area contributed by atoms with Gasteiger partial charge in [0.25, 0.3) is 0 Å². The fourth-order valence-electron chi connectivity index (χ4n) is 4.22. The summed E-state index contributed by atoms with van der Waals surface area (Å²) in [5, 5.41) is 0.811. The van der Waals surface area contributed by atoms with Crippen LogP contribution in [-0.2, 0) is 32.2 Å². The van der Waals surface area contributed by atoms with Gasteiger partial charge in [0.15, 0.2) is 0 Å². The van der Waals surface area contributed by atoms with E-state index in [2.05, 4.69) is 18.8 Å². The molecule has 2 heterocycles. The molecule has 37 heavy (non-hydrogen) atoms. The smallest absolute Gasteiger partial charge is 0.409 e. The van der Waals surface area contributed by atoms with E-state index in [1.165, 1.54) is 0 Å². The van der Waals surface area contributed by atoms with Crippen molar-refractivity contribution in [3.05, 3.63) is 65.7 Å². The predicted molar refractivity (Wildman–Crippen MR) is 143 cm³/mol. The maximum Gasteiger partial charge on any atom is 0.409 e. The van der Waals surface area contributed by atoms with Crippen LogP contribution in [0.1, 0.15) is 49.6 Å². The van der Waals surface area contributed by atoms with Crippen molar-refractivity contribution in [1.82, 2.24) is 14.9 Å². The van der Waals surface area contributed by atoms with Gasteiger partial charge in [0.2, 0.25) is 0 Å². The van der Waals surface area contributed by atoms with Crippen LogP contribution in [-0.4, -0.2) is 42.8 Å². The van der Waals surface area contributed by atoms with Gasteiger partial charge in [0.05, 0.1) is 28.6 Å². The molecule has 1 N–H and O–H groups in total. The first-order valence-electron chi connectivity index (χ1n) is 12.4. The van der Waals surface area contributed by atoms with Gasteiger partial charge in [0.1, 0.15) is 11.3 Å². The first-order valence-corrected chi connectivity index (χ1v) is 13.8. The topological polar surface area (TPSA) is 115 Å². The summed E-state index contributed by atoms with van der Waals surface area (Å²) in [7, 11) is -2.26. The number of rotatable bonds is 12. The van der Waals surface area contributed by atoms with Crippen LogP contribution in [0.25, 0.3) is 22.0 Å². The molecule has 0 fully saturated rings. The lowest BCUT2D eigenvalue weighted by molar-refractivity contribution is -0.133. The number of hydrogen-bond donors (Lipinski definition) is 1. The molecule has 196 valence electrons. The largest absolute Gasteiger partial charge is 0.461 e. The van der Waals surface area contributed by atoms with Crippen molar-refractivity contribution in [2.24, 2.45) is 0 Å². The summed E-state index contributed by atoms with van der Waals surface area (Å²) in [6.45, 7) is 5.27. The molecule has 0 atom stereocenters. The van der Waals surface area contributed by atoms with E-state index in [4.69, 9.17) is 9.40 Å². The molecule has 0 bridgehead atoms. The molecule has 0 amide bonds. The van der Waals surface area contributed by atoms with Gasteiger partial charge in [-0.25, -0.2) is 4.98 Å². The summed E-state index contributed by atoms with van der Waals surface area (Å²) in [6, 6.07) is 12.8. The van der Waals surface area contributed by atoms with Crippen molar-refractivity contribution in [2.75, 3.05) is 18.3 Å². The molecular formula is C27H32N4O5S. The van der Waals surface area contributed by atoms with Crippen LogP contribution in [0.15, 0.2) is 53.1 Å².